The van der Waals surface area contributed by atoms with Crippen molar-refractivity contribution in [3.05, 3.63) is 197 Å². The summed E-state index contributed by atoms with van der Waals surface area (Å²) in [4.78, 5) is 7.83. The molecule has 1 aromatic heterocycles. The molecule has 0 saturated carbocycles. The first-order valence-electron chi connectivity index (χ1n) is 17.7. The molecule has 4 aliphatic rings. The Morgan fingerprint density at radius 1 is 0.680 bits per heavy atom. The van der Waals surface area contributed by atoms with Crippen LogP contribution in [-0.2, 0) is 6.42 Å². The van der Waals surface area contributed by atoms with E-state index in [1.54, 1.807) is 0 Å². The predicted molar refractivity (Wildman–Crippen MR) is 207 cm³/mol. The summed E-state index contributed by atoms with van der Waals surface area (Å²) in [6, 6.07) is 50.2. The van der Waals surface area contributed by atoms with Crippen molar-refractivity contribution in [3.63, 3.8) is 0 Å². The number of nitrogens with zero attached hydrogens (tertiary/aromatic N) is 3. The highest BCUT2D eigenvalue weighted by Gasteiger charge is 2.40. The van der Waals surface area contributed by atoms with Crippen LogP contribution in [-0.4, -0.2) is 16.4 Å². The molecular formula is C46H36N4. The molecule has 2 unspecified atom stereocenters. The Morgan fingerprint density at radius 2 is 1.40 bits per heavy atom. The van der Waals surface area contributed by atoms with E-state index < -0.39 is 0 Å². The molecule has 2 aliphatic heterocycles. The number of para-hydroxylation sites is 3. The largest absolute Gasteiger partial charge is 0.359 e. The second kappa shape index (κ2) is 11.8. The molecule has 6 aromatic rings. The average molecular weight is 645 g/mol. The minimum Gasteiger partial charge on any atom is -0.359 e. The Balaban J connectivity index is 1.04. The number of anilines is 1. The molecule has 0 amide bonds. The number of nitrogens with one attached hydrogen (secondary N) is 1. The first kappa shape index (κ1) is 28.8. The highest BCUT2D eigenvalue weighted by Crippen LogP contribution is 2.50. The van der Waals surface area contributed by atoms with Gasteiger partial charge in [0.15, 0.2) is 0 Å². The van der Waals surface area contributed by atoms with Gasteiger partial charge >= 0.3 is 0 Å². The molecule has 4 nitrogen and oxygen atoms in total. The fourth-order valence-electron chi connectivity index (χ4n) is 8.37. The normalized spacial score (nSPS) is 19.3. The molecule has 0 saturated heterocycles. The standard InChI is InChI=1S/C46H36N4/c1-4-14-31(15-5-1)40-29-41(32-16-6-2-7-17-32)48-46(47-40)33-24-26-35(27-25-33)50-43-23-13-11-21-37(43)39-28-38-36-20-10-12-22-42(36)49(44(38)30-45(39)50)34-18-8-3-9-19-34/h1-24,26,28-29,40,45H,25,27,30H2,(H,47,48). The van der Waals surface area contributed by atoms with E-state index in [1.807, 2.05) is 0 Å². The van der Waals surface area contributed by atoms with Gasteiger partial charge in [-0.2, -0.15) is 0 Å². The third-order valence-electron chi connectivity index (χ3n) is 10.7. The third kappa shape index (κ3) is 4.71. The van der Waals surface area contributed by atoms with Crippen LogP contribution in [0, 0.1) is 0 Å². The van der Waals surface area contributed by atoms with Crippen LogP contribution in [0.4, 0.5) is 5.69 Å². The molecule has 10 rings (SSSR count). The zero-order valence-corrected chi connectivity index (χ0v) is 27.7. The van der Waals surface area contributed by atoms with Gasteiger partial charge in [0.2, 0.25) is 0 Å². The molecule has 2 atom stereocenters. The van der Waals surface area contributed by atoms with Gasteiger partial charge in [-0.1, -0.05) is 121 Å². The van der Waals surface area contributed by atoms with Crippen molar-refractivity contribution in [2.75, 3.05) is 4.90 Å². The molecule has 240 valence electrons. The maximum Gasteiger partial charge on any atom is 0.130 e. The van der Waals surface area contributed by atoms with Crippen LogP contribution in [0.2, 0.25) is 0 Å². The summed E-state index contributed by atoms with van der Waals surface area (Å²) in [5.41, 5.74) is 15.3. The molecule has 0 spiro atoms. The number of fused-ring (bicyclic) bond motifs is 6. The second-order valence-electron chi connectivity index (χ2n) is 13.5. The monoisotopic (exact) mass is 644 g/mol. The molecule has 0 radical (unpaired) electrons. The lowest BCUT2D eigenvalue weighted by Crippen LogP contribution is -2.36. The summed E-state index contributed by atoms with van der Waals surface area (Å²) in [7, 11) is 0. The summed E-state index contributed by atoms with van der Waals surface area (Å²) in [5.74, 6) is 0.965. The van der Waals surface area contributed by atoms with Crippen LogP contribution in [0.25, 0.3) is 33.9 Å². The third-order valence-corrected chi connectivity index (χ3v) is 10.7. The highest BCUT2D eigenvalue weighted by atomic mass is 15.2. The van der Waals surface area contributed by atoms with Gasteiger partial charge in [0.05, 0.1) is 23.3 Å². The zero-order chi connectivity index (χ0) is 33.0. The molecule has 5 aromatic carbocycles. The van der Waals surface area contributed by atoms with Crippen molar-refractivity contribution in [2.45, 2.75) is 31.3 Å². The van der Waals surface area contributed by atoms with Crippen LogP contribution in [0.3, 0.4) is 0 Å². The lowest BCUT2D eigenvalue weighted by Gasteiger charge is -2.34. The van der Waals surface area contributed by atoms with Gasteiger partial charge in [0, 0.05) is 45.7 Å². The Kier molecular flexibility index (Phi) is 6.80. The summed E-state index contributed by atoms with van der Waals surface area (Å²) < 4.78 is 2.49. The van der Waals surface area contributed by atoms with E-state index in [0.717, 1.165) is 36.4 Å². The topological polar surface area (TPSA) is 32.6 Å². The summed E-state index contributed by atoms with van der Waals surface area (Å²) in [6.07, 6.45) is 12.2. The fraction of sp³-hybridized carbons (Fsp3) is 0.109. The van der Waals surface area contributed by atoms with Gasteiger partial charge in [-0.05, 0) is 77.6 Å². The molecule has 0 fully saturated rings. The van der Waals surface area contributed by atoms with Crippen LogP contribution in [0.5, 0.6) is 0 Å². The van der Waals surface area contributed by atoms with Crippen LogP contribution in [0.15, 0.2) is 174 Å². The van der Waals surface area contributed by atoms with E-state index in [9.17, 15) is 0 Å². The molecule has 4 heteroatoms. The van der Waals surface area contributed by atoms with Gasteiger partial charge < -0.3 is 14.8 Å². The number of aliphatic imine (C=N–C) groups is 1. The molecule has 0 bridgehead atoms. The minimum absolute atomic E-state index is 0.0520. The van der Waals surface area contributed by atoms with Gasteiger partial charge in [-0.25, -0.2) is 4.99 Å². The maximum atomic E-state index is 5.20. The smallest absolute Gasteiger partial charge is 0.130 e. The lowest BCUT2D eigenvalue weighted by molar-refractivity contribution is 0.716. The maximum absolute atomic E-state index is 5.20. The van der Waals surface area contributed by atoms with Crippen molar-refractivity contribution in [2.24, 2.45) is 4.99 Å². The lowest BCUT2D eigenvalue weighted by atomic mass is 9.89. The predicted octanol–water partition coefficient (Wildman–Crippen LogP) is 10.3. The van der Waals surface area contributed by atoms with E-state index in [2.05, 4.69) is 179 Å². The zero-order valence-electron chi connectivity index (χ0n) is 27.7. The van der Waals surface area contributed by atoms with Crippen molar-refractivity contribution in [1.29, 1.82) is 0 Å². The molecule has 2 aliphatic carbocycles. The van der Waals surface area contributed by atoms with E-state index in [0.29, 0.717) is 0 Å². The Hall–Kier alpha value is -6.13. The van der Waals surface area contributed by atoms with Crippen molar-refractivity contribution < 1.29 is 0 Å². The van der Waals surface area contributed by atoms with Crippen molar-refractivity contribution in [1.82, 2.24) is 9.88 Å². The number of allylic oxidation sites excluding steroid dienone is 3. The summed E-state index contributed by atoms with van der Waals surface area (Å²) in [6.45, 7) is 0. The van der Waals surface area contributed by atoms with Gasteiger partial charge in [0.1, 0.15) is 5.84 Å². The fourth-order valence-corrected chi connectivity index (χ4v) is 8.37. The second-order valence-corrected chi connectivity index (χ2v) is 13.5. The Bertz CT molecular complexity index is 2430. The number of aromatic nitrogens is 1. The van der Waals surface area contributed by atoms with Gasteiger partial charge in [-0.3, -0.25) is 0 Å². The van der Waals surface area contributed by atoms with Crippen LogP contribution in [0.1, 0.15) is 46.8 Å². The quantitative estimate of drug-likeness (QED) is 0.203. The number of hydrogen-bond donors (Lipinski definition) is 1. The number of benzene rings is 5. The number of rotatable bonds is 5. The Morgan fingerprint density at radius 3 is 2.20 bits per heavy atom. The highest BCUT2D eigenvalue weighted by molar-refractivity contribution is 6.06. The average Bonchev–Trinajstić information content (AvgIpc) is 3.70. The molecular weight excluding hydrogens is 609 g/mol. The van der Waals surface area contributed by atoms with Crippen LogP contribution >= 0.6 is 0 Å². The van der Waals surface area contributed by atoms with E-state index >= 15 is 0 Å². The first-order valence-corrected chi connectivity index (χ1v) is 17.7. The van der Waals surface area contributed by atoms with Crippen molar-refractivity contribution in [3.8, 4) is 5.69 Å². The van der Waals surface area contributed by atoms with Crippen molar-refractivity contribution >= 4 is 39.8 Å². The Labute approximate surface area is 292 Å². The molecule has 3 heterocycles. The van der Waals surface area contributed by atoms with Crippen LogP contribution < -0.4 is 10.2 Å². The van der Waals surface area contributed by atoms with E-state index in [4.69, 9.17) is 4.99 Å². The SMILES string of the molecule is C1=C(C2=NC(c3ccccc3)=CC(c3ccccc3)N2)CCC(N2c3ccccc3C3=Cc4c(n(-c5ccccc5)c5ccccc45)CC32)=C1. The summed E-state index contributed by atoms with van der Waals surface area (Å²) >= 11 is 0. The van der Waals surface area contributed by atoms with Gasteiger partial charge in [-0.15, -0.1) is 0 Å². The first-order chi connectivity index (χ1) is 24.8. The molecule has 50 heavy (non-hydrogen) atoms. The number of hydrogen-bond acceptors (Lipinski definition) is 3. The number of amidine groups is 1. The van der Waals surface area contributed by atoms with E-state index in [1.165, 1.54) is 61.5 Å². The molecule has 1 N–H and O–H groups in total. The summed E-state index contributed by atoms with van der Waals surface area (Å²) in [5, 5.41) is 5.10. The van der Waals surface area contributed by atoms with E-state index in [-0.39, 0.29) is 12.1 Å². The van der Waals surface area contributed by atoms with Gasteiger partial charge in [0.25, 0.3) is 0 Å². The minimum atomic E-state index is 0.0520.